The van der Waals surface area contributed by atoms with Crippen molar-refractivity contribution in [2.24, 2.45) is 0 Å². The van der Waals surface area contributed by atoms with Crippen LogP contribution in [-0.2, 0) is 4.79 Å². The van der Waals surface area contributed by atoms with Gasteiger partial charge in [0.1, 0.15) is 11.6 Å². The maximum absolute atomic E-state index is 12.8. The normalized spacial score (nSPS) is 12.6. The van der Waals surface area contributed by atoms with E-state index < -0.39 is 0 Å². The Hall–Kier alpha value is -3.58. The maximum atomic E-state index is 12.8. The van der Waals surface area contributed by atoms with Crippen molar-refractivity contribution in [2.75, 3.05) is 16.8 Å². The van der Waals surface area contributed by atoms with Crippen LogP contribution < -0.4 is 10.2 Å². The van der Waals surface area contributed by atoms with Crippen molar-refractivity contribution < 1.29 is 9.59 Å². The standard InChI is InChI=1S/C22H16N4O2S/c1-13-8-10-15(11-9-13)20-24-25-22(29-20)23-18(27)12-26-17-7-3-5-14-4-2-6-16(19(14)17)21(26)28/h2-11H,12H2,1H3,(H,23,25,27). The molecular weight excluding hydrogens is 384 g/mol. The van der Waals surface area contributed by atoms with Crippen LogP contribution >= 0.6 is 11.3 Å². The molecule has 1 N–H and O–H groups in total. The molecule has 0 spiro atoms. The first-order chi connectivity index (χ1) is 14.1. The van der Waals surface area contributed by atoms with E-state index in [1.54, 1.807) is 6.07 Å². The van der Waals surface area contributed by atoms with Crippen LogP contribution in [0.3, 0.4) is 0 Å². The summed E-state index contributed by atoms with van der Waals surface area (Å²) in [7, 11) is 0. The number of hydrogen-bond donors (Lipinski definition) is 1. The smallest absolute Gasteiger partial charge is 0.259 e. The number of benzene rings is 3. The van der Waals surface area contributed by atoms with Gasteiger partial charge in [-0.3, -0.25) is 19.8 Å². The summed E-state index contributed by atoms with van der Waals surface area (Å²) in [6.45, 7) is 1.94. The highest BCUT2D eigenvalue weighted by molar-refractivity contribution is 7.18. The van der Waals surface area contributed by atoms with Crippen LogP contribution in [-0.4, -0.2) is 28.6 Å². The Morgan fingerprint density at radius 1 is 1.03 bits per heavy atom. The molecule has 0 unspecified atom stereocenters. The molecule has 0 fully saturated rings. The van der Waals surface area contributed by atoms with Crippen LogP contribution in [0.2, 0.25) is 0 Å². The highest BCUT2D eigenvalue weighted by Gasteiger charge is 2.31. The van der Waals surface area contributed by atoms with Gasteiger partial charge in [-0.05, 0) is 24.4 Å². The Morgan fingerprint density at radius 3 is 2.59 bits per heavy atom. The van der Waals surface area contributed by atoms with Gasteiger partial charge < -0.3 is 0 Å². The fourth-order valence-electron chi connectivity index (χ4n) is 3.53. The third kappa shape index (κ3) is 3.05. The molecule has 6 nitrogen and oxygen atoms in total. The van der Waals surface area contributed by atoms with Crippen LogP contribution in [0, 0.1) is 6.92 Å². The van der Waals surface area contributed by atoms with Gasteiger partial charge >= 0.3 is 0 Å². The first-order valence-electron chi connectivity index (χ1n) is 9.14. The number of anilines is 2. The molecule has 5 rings (SSSR count). The third-order valence-electron chi connectivity index (χ3n) is 4.92. The Balaban J connectivity index is 1.34. The fourth-order valence-corrected chi connectivity index (χ4v) is 4.29. The minimum Gasteiger partial charge on any atom is -0.299 e. The van der Waals surface area contributed by atoms with Crippen LogP contribution in [0.25, 0.3) is 21.3 Å². The van der Waals surface area contributed by atoms with Crippen LogP contribution in [0.5, 0.6) is 0 Å². The van der Waals surface area contributed by atoms with Gasteiger partial charge in [-0.1, -0.05) is 65.4 Å². The molecule has 2 amide bonds. The lowest BCUT2D eigenvalue weighted by Gasteiger charge is -2.16. The van der Waals surface area contributed by atoms with Crippen molar-refractivity contribution in [3.8, 4) is 10.6 Å². The van der Waals surface area contributed by atoms with Gasteiger partial charge in [-0.25, -0.2) is 0 Å². The van der Waals surface area contributed by atoms with E-state index in [1.165, 1.54) is 16.2 Å². The molecule has 0 saturated carbocycles. The van der Waals surface area contributed by atoms with Crippen molar-refractivity contribution in [1.29, 1.82) is 0 Å². The maximum Gasteiger partial charge on any atom is 0.259 e. The van der Waals surface area contributed by atoms with E-state index in [4.69, 9.17) is 0 Å². The third-order valence-corrected chi connectivity index (χ3v) is 5.81. The van der Waals surface area contributed by atoms with Gasteiger partial charge in [-0.15, -0.1) is 10.2 Å². The first-order valence-corrected chi connectivity index (χ1v) is 9.96. The van der Waals surface area contributed by atoms with Gasteiger partial charge in [0.25, 0.3) is 5.91 Å². The van der Waals surface area contributed by atoms with Gasteiger partial charge in [0, 0.05) is 16.5 Å². The summed E-state index contributed by atoms with van der Waals surface area (Å²) in [6.07, 6.45) is 0. The van der Waals surface area contributed by atoms with Gasteiger partial charge in [0.15, 0.2) is 0 Å². The SMILES string of the molecule is Cc1ccc(-c2nnc(NC(=O)CN3C(=O)c4cccc5cccc3c45)s2)cc1. The molecule has 1 aromatic heterocycles. The molecule has 2 heterocycles. The second-order valence-electron chi connectivity index (χ2n) is 6.90. The molecule has 0 saturated heterocycles. The van der Waals surface area contributed by atoms with Crippen molar-refractivity contribution in [3.63, 3.8) is 0 Å². The molecule has 1 aliphatic rings. The van der Waals surface area contributed by atoms with E-state index in [0.717, 1.165) is 32.6 Å². The van der Waals surface area contributed by atoms with E-state index in [9.17, 15) is 9.59 Å². The molecule has 0 atom stereocenters. The minimum atomic E-state index is -0.310. The number of aryl methyl sites for hydroxylation is 1. The molecule has 0 bridgehead atoms. The Bertz CT molecular complexity index is 1260. The molecule has 0 aliphatic carbocycles. The predicted molar refractivity (Wildman–Crippen MR) is 114 cm³/mol. The average Bonchev–Trinajstić information content (AvgIpc) is 3.29. The van der Waals surface area contributed by atoms with Crippen molar-refractivity contribution >= 4 is 44.7 Å². The van der Waals surface area contributed by atoms with Gasteiger partial charge in [0.05, 0.1) is 5.69 Å². The summed E-state index contributed by atoms with van der Waals surface area (Å²) >= 11 is 1.30. The van der Waals surface area contributed by atoms with Crippen LogP contribution in [0.15, 0.2) is 60.7 Å². The van der Waals surface area contributed by atoms with Crippen molar-refractivity contribution in [3.05, 3.63) is 71.8 Å². The Morgan fingerprint density at radius 2 is 1.79 bits per heavy atom. The van der Waals surface area contributed by atoms with E-state index in [1.807, 2.05) is 61.5 Å². The summed E-state index contributed by atoms with van der Waals surface area (Å²) in [4.78, 5) is 26.9. The van der Waals surface area contributed by atoms with Gasteiger partial charge in [-0.2, -0.15) is 0 Å². The number of carbonyl (C=O) groups excluding carboxylic acids is 2. The average molecular weight is 400 g/mol. The lowest BCUT2D eigenvalue weighted by Crippen LogP contribution is -2.35. The minimum absolute atomic E-state index is 0.0773. The second kappa shape index (κ2) is 6.79. The summed E-state index contributed by atoms with van der Waals surface area (Å²) in [6, 6.07) is 19.3. The summed E-state index contributed by atoms with van der Waals surface area (Å²) in [5, 5.41) is 14.0. The number of amides is 2. The topological polar surface area (TPSA) is 75.2 Å². The highest BCUT2D eigenvalue weighted by Crippen LogP contribution is 2.37. The molecule has 4 aromatic rings. The predicted octanol–water partition coefficient (Wildman–Crippen LogP) is 4.27. The van der Waals surface area contributed by atoms with E-state index in [2.05, 4.69) is 15.5 Å². The lowest BCUT2D eigenvalue weighted by molar-refractivity contribution is -0.114. The molecule has 1 aliphatic heterocycles. The Kier molecular flexibility index (Phi) is 4.10. The Labute approximate surface area is 170 Å². The number of nitrogens with one attached hydrogen (secondary N) is 1. The molecule has 29 heavy (non-hydrogen) atoms. The second-order valence-corrected chi connectivity index (χ2v) is 7.88. The number of hydrogen-bond acceptors (Lipinski definition) is 5. The van der Waals surface area contributed by atoms with Crippen molar-refractivity contribution in [2.45, 2.75) is 6.92 Å². The van der Waals surface area contributed by atoms with Gasteiger partial charge in [0.2, 0.25) is 11.0 Å². The molecule has 7 heteroatoms. The zero-order valence-electron chi connectivity index (χ0n) is 15.5. The molecule has 142 valence electrons. The number of aromatic nitrogens is 2. The molecule has 0 radical (unpaired) electrons. The lowest BCUT2D eigenvalue weighted by atomic mass is 10.1. The van der Waals surface area contributed by atoms with E-state index >= 15 is 0 Å². The largest absolute Gasteiger partial charge is 0.299 e. The summed E-state index contributed by atoms with van der Waals surface area (Å²) in [5.41, 5.74) is 3.50. The number of carbonyl (C=O) groups is 2. The van der Waals surface area contributed by atoms with Crippen LogP contribution in [0.4, 0.5) is 10.8 Å². The monoisotopic (exact) mass is 400 g/mol. The zero-order chi connectivity index (χ0) is 20.0. The highest BCUT2D eigenvalue weighted by atomic mass is 32.1. The molecule has 3 aromatic carbocycles. The van der Waals surface area contributed by atoms with E-state index in [0.29, 0.717) is 10.7 Å². The summed E-state index contributed by atoms with van der Waals surface area (Å²) < 4.78 is 0. The van der Waals surface area contributed by atoms with Crippen LogP contribution in [0.1, 0.15) is 15.9 Å². The zero-order valence-corrected chi connectivity index (χ0v) is 16.4. The number of rotatable bonds is 4. The van der Waals surface area contributed by atoms with Crippen molar-refractivity contribution in [1.82, 2.24) is 10.2 Å². The molecular formula is C22H16N4O2S. The fraction of sp³-hybridized carbons (Fsp3) is 0.0909. The van der Waals surface area contributed by atoms with E-state index in [-0.39, 0.29) is 18.4 Å². The first kappa shape index (κ1) is 17.5. The quantitative estimate of drug-likeness (QED) is 0.555. The summed E-state index contributed by atoms with van der Waals surface area (Å²) in [5.74, 6) is -0.473. The number of nitrogens with zero attached hydrogens (tertiary/aromatic N) is 3.